The first kappa shape index (κ1) is 15.9. The molecule has 0 radical (unpaired) electrons. The number of likely N-dealkylation sites (N-methyl/N-ethyl adjacent to an activating group) is 1. The summed E-state index contributed by atoms with van der Waals surface area (Å²) in [4.78, 5) is 21.9. The molecule has 0 aromatic heterocycles. The first-order valence-electron chi connectivity index (χ1n) is 5.48. The van der Waals surface area contributed by atoms with Crippen molar-refractivity contribution in [3.05, 3.63) is 0 Å². The van der Waals surface area contributed by atoms with Crippen LogP contribution in [0.4, 0.5) is 0 Å². The van der Waals surface area contributed by atoms with Gasteiger partial charge in [0.05, 0.1) is 33.7 Å². The van der Waals surface area contributed by atoms with Gasteiger partial charge in [-0.2, -0.15) is 0 Å². The fraction of sp³-hybridized carbons (Fsp3) is 0.818. The summed E-state index contributed by atoms with van der Waals surface area (Å²) in [6.45, 7) is 1.84. The van der Waals surface area contributed by atoms with E-state index in [1.54, 1.807) is 0 Å². The van der Waals surface area contributed by atoms with Gasteiger partial charge in [0.25, 0.3) is 0 Å². The van der Waals surface area contributed by atoms with Crippen LogP contribution in [0, 0.1) is 0 Å². The first-order chi connectivity index (χ1) is 7.60. The molecule has 0 aromatic carbocycles. The lowest BCUT2D eigenvalue weighted by Gasteiger charge is -2.29. The number of aliphatic hydroxyl groups excluding tert-OH is 1. The Morgan fingerprint density at radius 3 is 2.18 bits per heavy atom. The van der Waals surface area contributed by atoms with E-state index >= 15 is 0 Å². The van der Waals surface area contributed by atoms with E-state index < -0.39 is 24.1 Å². The van der Waals surface area contributed by atoms with Crippen molar-refractivity contribution in [2.75, 3.05) is 27.7 Å². The van der Waals surface area contributed by atoms with E-state index in [2.05, 4.69) is 0 Å². The summed E-state index contributed by atoms with van der Waals surface area (Å²) < 4.78 is 5.48. The number of aliphatic carboxylic acids is 1. The molecule has 0 unspecified atom stereocenters. The third-order valence-corrected chi connectivity index (χ3v) is 1.91. The van der Waals surface area contributed by atoms with Crippen LogP contribution in [0.15, 0.2) is 0 Å². The molecule has 0 amide bonds. The number of nitrogens with zero attached hydrogens (tertiary/aromatic N) is 1. The van der Waals surface area contributed by atoms with Gasteiger partial charge in [0.15, 0.2) is 6.10 Å². The monoisotopic (exact) mass is 247 g/mol. The minimum Gasteiger partial charge on any atom is -0.550 e. The quantitative estimate of drug-likeness (QED) is 0.438. The number of hydrogen-bond acceptors (Lipinski definition) is 5. The number of carboxylic acids is 1. The zero-order valence-electron chi connectivity index (χ0n) is 10.8. The highest BCUT2D eigenvalue weighted by Crippen LogP contribution is 2.06. The molecule has 0 aliphatic rings. The summed E-state index contributed by atoms with van der Waals surface area (Å²) >= 11 is 0. The van der Waals surface area contributed by atoms with Crippen LogP contribution >= 0.6 is 0 Å². The summed E-state index contributed by atoms with van der Waals surface area (Å²) in [5.74, 6) is -1.85. The molecular weight excluding hydrogens is 226 g/mol. The summed E-state index contributed by atoms with van der Waals surface area (Å²) in [6.07, 6.45) is -2.00. The zero-order chi connectivity index (χ0) is 13.6. The summed E-state index contributed by atoms with van der Waals surface area (Å²) in [7, 11) is 5.60. The summed E-state index contributed by atoms with van der Waals surface area (Å²) in [6, 6.07) is 0. The van der Waals surface area contributed by atoms with E-state index in [9.17, 15) is 14.7 Å². The Hall–Kier alpha value is -1.14. The topological polar surface area (TPSA) is 86.7 Å². The minimum atomic E-state index is -1.26. The Morgan fingerprint density at radius 2 is 1.82 bits per heavy atom. The molecule has 6 nitrogen and oxygen atoms in total. The molecule has 0 heterocycles. The molecule has 17 heavy (non-hydrogen) atoms. The number of carbonyl (C=O) groups is 2. The second kappa shape index (κ2) is 6.56. The number of hydrogen-bond donors (Lipinski definition) is 1. The summed E-state index contributed by atoms with van der Waals surface area (Å²) in [5, 5.41) is 19.6. The summed E-state index contributed by atoms with van der Waals surface area (Å²) in [5.41, 5.74) is 0. The van der Waals surface area contributed by atoms with Gasteiger partial charge in [0.2, 0.25) is 0 Å². The molecule has 0 spiro atoms. The highest BCUT2D eigenvalue weighted by atomic mass is 16.5. The maximum absolute atomic E-state index is 11.3. The van der Waals surface area contributed by atoms with E-state index in [-0.39, 0.29) is 12.8 Å². The molecule has 0 aromatic rings. The third-order valence-electron chi connectivity index (χ3n) is 1.91. The average Bonchev–Trinajstić information content (AvgIpc) is 1.95. The number of ether oxygens (including phenoxy) is 1. The van der Waals surface area contributed by atoms with Crippen molar-refractivity contribution in [2.45, 2.75) is 32.0 Å². The lowest BCUT2D eigenvalue weighted by atomic mass is 10.2. The Labute approximate surface area is 101 Å². The standard InChI is InChI=1S/C11H21NO5/c1-8(13)5-11(16)17-9(6-10(14)15)7-12(2,3)4/h8-9,13H,5-7H2,1-4H3/t8-,9-/m1/s1. The molecule has 0 fully saturated rings. The third kappa shape index (κ3) is 9.77. The van der Waals surface area contributed by atoms with E-state index in [0.717, 1.165) is 0 Å². The van der Waals surface area contributed by atoms with Crippen LogP contribution in [0.25, 0.3) is 0 Å². The number of carboxylic acid groups (broad SMARTS) is 1. The minimum absolute atomic E-state index is 0.138. The second-order valence-corrected chi connectivity index (χ2v) is 5.21. The number of quaternary nitrogens is 1. The zero-order valence-corrected chi connectivity index (χ0v) is 10.8. The SMILES string of the molecule is C[C@@H](O)CC(=O)O[C@H](CC(=O)[O-])C[N+](C)(C)C. The van der Waals surface area contributed by atoms with Crippen molar-refractivity contribution in [2.24, 2.45) is 0 Å². The Bertz CT molecular complexity index is 270. The highest BCUT2D eigenvalue weighted by Gasteiger charge is 2.22. The molecule has 0 aliphatic heterocycles. The van der Waals surface area contributed by atoms with Crippen LogP contribution in [0.1, 0.15) is 19.8 Å². The maximum atomic E-state index is 11.3. The van der Waals surface area contributed by atoms with Gasteiger partial charge in [0.1, 0.15) is 6.54 Å². The number of rotatable bonds is 7. The molecule has 0 rings (SSSR count). The fourth-order valence-corrected chi connectivity index (χ4v) is 1.42. The van der Waals surface area contributed by atoms with Crippen LogP contribution in [0.3, 0.4) is 0 Å². The molecule has 2 atom stereocenters. The molecule has 6 heteroatoms. The molecule has 100 valence electrons. The number of esters is 1. The van der Waals surface area contributed by atoms with Crippen molar-refractivity contribution < 1.29 is 29.0 Å². The van der Waals surface area contributed by atoms with Crippen LogP contribution in [0.5, 0.6) is 0 Å². The normalized spacial score (nSPS) is 15.1. The van der Waals surface area contributed by atoms with Gasteiger partial charge in [-0.15, -0.1) is 0 Å². The second-order valence-electron chi connectivity index (χ2n) is 5.21. The van der Waals surface area contributed by atoms with Gasteiger partial charge >= 0.3 is 5.97 Å². The van der Waals surface area contributed by atoms with Crippen LogP contribution in [-0.2, 0) is 14.3 Å². The van der Waals surface area contributed by atoms with Gasteiger partial charge in [-0.05, 0) is 6.92 Å². The predicted molar refractivity (Wildman–Crippen MR) is 58.7 cm³/mol. The Kier molecular flexibility index (Phi) is 6.12. The fourth-order valence-electron chi connectivity index (χ4n) is 1.42. The van der Waals surface area contributed by atoms with Crippen molar-refractivity contribution in [1.29, 1.82) is 0 Å². The maximum Gasteiger partial charge on any atom is 0.308 e. The van der Waals surface area contributed by atoms with Crippen molar-refractivity contribution in [3.8, 4) is 0 Å². The van der Waals surface area contributed by atoms with E-state index in [4.69, 9.17) is 9.84 Å². The molecule has 0 aliphatic carbocycles. The predicted octanol–water partition coefficient (Wildman–Crippen LogP) is -1.48. The number of aliphatic hydroxyl groups is 1. The van der Waals surface area contributed by atoms with Gasteiger partial charge in [-0.1, -0.05) is 0 Å². The largest absolute Gasteiger partial charge is 0.550 e. The lowest BCUT2D eigenvalue weighted by Crippen LogP contribution is -2.45. The van der Waals surface area contributed by atoms with Crippen molar-refractivity contribution >= 4 is 11.9 Å². The molecule has 0 saturated carbocycles. The van der Waals surface area contributed by atoms with Gasteiger partial charge < -0.3 is 24.2 Å². The highest BCUT2D eigenvalue weighted by molar-refractivity contribution is 5.71. The average molecular weight is 247 g/mol. The van der Waals surface area contributed by atoms with Crippen LogP contribution < -0.4 is 5.11 Å². The van der Waals surface area contributed by atoms with Crippen molar-refractivity contribution in [1.82, 2.24) is 0 Å². The van der Waals surface area contributed by atoms with E-state index in [0.29, 0.717) is 11.0 Å². The number of carbonyl (C=O) groups excluding carboxylic acids is 2. The first-order valence-corrected chi connectivity index (χ1v) is 5.48. The van der Waals surface area contributed by atoms with Gasteiger partial charge in [-0.3, -0.25) is 4.79 Å². The van der Waals surface area contributed by atoms with Gasteiger partial charge in [0, 0.05) is 12.4 Å². The van der Waals surface area contributed by atoms with E-state index in [1.165, 1.54) is 6.92 Å². The lowest BCUT2D eigenvalue weighted by molar-refractivity contribution is -0.873. The smallest absolute Gasteiger partial charge is 0.308 e. The molecule has 1 N–H and O–H groups in total. The Morgan fingerprint density at radius 1 is 1.29 bits per heavy atom. The molecule has 0 saturated heterocycles. The molecular formula is C11H21NO5. The van der Waals surface area contributed by atoms with Crippen LogP contribution in [-0.4, -0.2) is 61.4 Å². The van der Waals surface area contributed by atoms with E-state index in [1.807, 2.05) is 21.1 Å². The van der Waals surface area contributed by atoms with Gasteiger partial charge in [-0.25, -0.2) is 0 Å². The van der Waals surface area contributed by atoms with Crippen LogP contribution in [0.2, 0.25) is 0 Å². The Balaban J connectivity index is 4.38. The van der Waals surface area contributed by atoms with Crippen molar-refractivity contribution in [3.63, 3.8) is 0 Å². The molecule has 0 bridgehead atoms.